The maximum absolute atomic E-state index is 12.9. The first-order chi connectivity index (χ1) is 14.9. The molecule has 1 amide bonds. The van der Waals surface area contributed by atoms with Crippen LogP contribution in [-0.4, -0.2) is 28.0 Å². The van der Waals surface area contributed by atoms with Crippen LogP contribution in [0, 0.1) is 11.3 Å². The van der Waals surface area contributed by atoms with Crippen LogP contribution < -0.4 is 14.4 Å². The van der Waals surface area contributed by atoms with E-state index < -0.39 is 15.9 Å². The molecule has 158 valence electrons. The second-order valence-electron chi connectivity index (χ2n) is 6.65. The molecule has 0 aliphatic rings. The largest absolute Gasteiger partial charge is 0.484 e. The molecule has 0 spiro atoms. The highest BCUT2D eigenvalue weighted by molar-refractivity contribution is 7.92. The van der Waals surface area contributed by atoms with Gasteiger partial charge in [0.15, 0.2) is 6.61 Å². The number of anilines is 2. The first-order valence-electron chi connectivity index (χ1n) is 9.43. The van der Waals surface area contributed by atoms with E-state index in [1.807, 2.05) is 6.07 Å². The van der Waals surface area contributed by atoms with Crippen molar-refractivity contribution in [3.8, 4) is 11.8 Å². The number of benzene rings is 3. The van der Waals surface area contributed by atoms with E-state index in [9.17, 15) is 13.2 Å². The number of nitrogens with one attached hydrogen (secondary N) is 1. The summed E-state index contributed by atoms with van der Waals surface area (Å²) in [5.74, 6) is 0.0738. The standard InChI is InChI=1S/C23H21N3O4S/c1-26(20-7-3-2-4-8-20)31(28,29)22-9-5-6-19(16-22)25-23(27)17-30-21-12-10-18(11-13-21)14-15-24/h2-13,16H,14,17H2,1H3,(H,25,27). The van der Waals surface area contributed by atoms with Gasteiger partial charge in [-0.05, 0) is 48.0 Å². The number of nitrogens with zero attached hydrogens (tertiary/aromatic N) is 2. The number of para-hydroxylation sites is 1. The average Bonchev–Trinajstić information content (AvgIpc) is 2.79. The van der Waals surface area contributed by atoms with Crippen LogP contribution in [0.2, 0.25) is 0 Å². The van der Waals surface area contributed by atoms with Crippen molar-refractivity contribution < 1.29 is 17.9 Å². The quantitative estimate of drug-likeness (QED) is 0.583. The molecule has 3 rings (SSSR count). The van der Waals surface area contributed by atoms with Crippen LogP contribution in [0.5, 0.6) is 5.75 Å². The molecule has 3 aromatic rings. The highest BCUT2D eigenvalue weighted by Crippen LogP contribution is 2.23. The maximum atomic E-state index is 12.9. The van der Waals surface area contributed by atoms with E-state index in [2.05, 4.69) is 11.4 Å². The summed E-state index contributed by atoms with van der Waals surface area (Å²) in [6, 6.07) is 23.7. The first kappa shape index (κ1) is 21.9. The number of sulfonamides is 1. The molecular formula is C23H21N3O4S. The fraction of sp³-hybridized carbons (Fsp3) is 0.130. The van der Waals surface area contributed by atoms with Crippen molar-refractivity contribution in [3.05, 3.63) is 84.4 Å². The molecule has 0 bridgehead atoms. The van der Waals surface area contributed by atoms with Gasteiger partial charge in [0, 0.05) is 12.7 Å². The molecule has 0 heterocycles. The minimum absolute atomic E-state index is 0.0608. The number of carbonyl (C=O) groups excluding carboxylic acids is 1. The number of rotatable bonds is 8. The van der Waals surface area contributed by atoms with Gasteiger partial charge in [0.25, 0.3) is 15.9 Å². The molecule has 7 nitrogen and oxygen atoms in total. The van der Waals surface area contributed by atoms with Crippen molar-refractivity contribution in [2.24, 2.45) is 0 Å². The van der Waals surface area contributed by atoms with Crippen LogP contribution >= 0.6 is 0 Å². The van der Waals surface area contributed by atoms with Gasteiger partial charge in [-0.1, -0.05) is 36.4 Å². The summed E-state index contributed by atoms with van der Waals surface area (Å²) >= 11 is 0. The van der Waals surface area contributed by atoms with Crippen molar-refractivity contribution in [3.63, 3.8) is 0 Å². The maximum Gasteiger partial charge on any atom is 0.264 e. The molecule has 8 heteroatoms. The molecule has 0 aliphatic heterocycles. The van der Waals surface area contributed by atoms with E-state index in [1.54, 1.807) is 60.7 Å². The SMILES string of the molecule is CN(c1ccccc1)S(=O)(=O)c1cccc(NC(=O)COc2ccc(CC#N)cc2)c1. The van der Waals surface area contributed by atoms with Crippen molar-refractivity contribution >= 4 is 27.3 Å². The highest BCUT2D eigenvalue weighted by Gasteiger charge is 2.21. The molecule has 0 unspecified atom stereocenters. The van der Waals surface area contributed by atoms with Gasteiger partial charge in [0.1, 0.15) is 5.75 Å². The number of nitriles is 1. The number of ether oxygens (including phenoxy) is 1. The van der Waals surface area contributed by atoms with Gasteiger partial charge in [-0.2, -0.15) is 5.26 Å². The van der Waals surface area contributed by atoms with Crippen molar-refractivity contribution in [1.29, 1.82) is 5.26 Å². The van der Waals surface area contributed by atoms with Gasteiger partial charge in [-0.15, -0.1) is 0 Å². The molecule has 0 saturated carbocycles. The Hall–Kier alpha value is -3.83. The highest BCUT2D eigenvalue weighted by atomic mass is 32.2. The second-order valence-corrected chi connectivity index (χ2v) is 8.62. The fourth-order valence-corrected chi connectivity index (χ4v) is 4.05. The summed E-state index contributed by atoms with van der Waals surface area (Å²) in [6.45, 7) is -0.238. The summed E-state index contributed by atoms with van der Waals surface area (Å²) in [4.78, 5) is 12.3. The molecule has 31 heavy (non-hydrogen) atoms. The Kier molecular flexibility index (Phi) is 6.90. The van der Waals surface area contributed by atoms with Gasteiger partial charge >= 0.3 is 0 Å². The van der Waals surface area contributed by atoms with E-state index in [1.165, 1.54) is 23.5 Å². The zero-order chi connectivity index (χ0) is 22.3. The zero-order valence-electron chi connectivity index (χ0n) is 16.9. The minimum Gasteiger partial charge on any atom is -0.484 e. The zero-order valence-corrected chi connectivity index (χ0v) is 17.7. The van der Waals surface area contributed by atoms with Crippen LogP contribution in [-0.2, 0) is 21.2 Å². The summed E-state index contributed by atoms with van der Waals surface area (Å²) in [5, 5.41) is 11.3. The Bertz CT molecular complexity index is 1190. The van der Waals surface area contributed by atoms with E-state index in [0.717, 1.165) is 5.56 Å². The lowest BCUT2D eigenvalue weighted by molar-refractivity contribution is -0.118. The molecule has 0 aromatic heterocycles. The van der Waals surface area contributed by atoms with E-state index >= 15 is 0 Å². The lowest BCUT2D eigenvalue weighted by Crippen LogP contribution is -2.26. The third kappa shape index (κ3) is 5.62. The van der Waals surface area contributed by atoms with Gasteiger partial charge in [-0.25, -0.2) is 8.42 Å². The topological polar surface area (TPSA) is 99.5 Å². The Labute approximate surface area is 181 Å². The van der Waals surface area contributed by atoms with Gasteiger partial charge in [-0.3, -0.25) is 9.10 Å². The molecule has 1 N–H and O–H groups in total. The smallest absolute Gasteiger partial charge is 0.264 e. The second kappa shape index (κ2) is 9.78. The minimum atomic E-state index is -3.79. The van der Waals surface area contributed by atoms with Crippen LogP contribution in [0.15, 0.2) is 83.8 Å². The molecule has 0 aliphatic carbocycles. The Morgan fingerprint density at radius 3 is 2.42 bits per heavy atom. The molecule has 0 atom stereocenters. The molecule has 0 fully saturated rings. The number of carbonyl (C=O) groups is 1. The van der Waals surface area contributed by atoms with E-state index in [0.29, 0.717) is 23.5 Å². The summed E-state index contributed by atoms with van der Waals surface area (Å²) in [6.07, 6.45) is 0.305. The summed E-state index contributed by atoms with van der Waals surface area (Å²) < 4.78 is 32.5. The molecule has 3 aromatic carbocycles. The van der Waals surface area contributed by atoms with E-state index in [-0.39, 0.29) is 11.5 Å². The van der Waals surface area contributed by atoms with Gasteiger partial charge in [0.2, 0.25) is 0 Å². The molecular weight excluding hydrogens is 414 g/mol. The lowest BCUT2D eigenvalue weighted by Gasteiger charge is -2.19. The molecule has 0 radical (unpaired) electrons. The van der Waals surface area contributed by atoms with Crippen molar-refractivity contribution in [1.82, 2.24) is 0 Å². The van der Waals surface area contributed by atoms with Crippen LogP contribution in [0.1, 0.15) is 5.56 Å². The monoisotopic (exact) mass is 435 g/mol. The number of hydrogen-bond donors (Lipinski definition) is 1. The average molecular weight is 436 g/mol. The first-order valence-corrected chi connectivity index (χ1v) is 10.9. The third-order valence-corrected chi connectivity index (χ3v) is 6.25. The normalized spacial score (nSPS) is 10.7. The third-order valence-electron chi connectivity index (χ3n) is 4.47. The van der Waals surface area contributed by atoms with Gasteiger partial charge < -0.3 is 10.1 Å². The molecule has 0 saturated heterocycles. The Morgan fingerprint density at radius 2 is 1.74 bits per heavy atom. The lowest BCUT2D eigenvalue weighted by atomic mass is 10.2. The predicted molar refractivity (Wildman–Crippen MR) is 118 cm³/mol. The van der Waals surface area contributed by atoms with Gasteiger partial charge in [0.05, 0.1) is 23.1 Å². The van der Waals surface area contributed by atoms with Crippen molar-refractivity contribution in [2.45, 2.75) is 11.3 Å². The van der Waals surface area contributed by atoms with E-state index in [4.69, 9.17) is 10.00 Å². The van der Waals surface area contributed by atoms with Crippen LogP contribution in [0.3, 0.4) is 0 Å². The fourth-order valence-electron chi connectivity index (χ4n) is 2.81. The van der Waals surface area contributed by atoms with Crippen LogP contribution in [0.4, 0.5) is 11.4 Å². The Balaban J connectivity index is 1.64. The number of hydrogen-bond acceptors (Lipinski definition) is 5. The number of amides is 1. The summed E-state index contributed by atoms with van der Waals surface area (Å²) in [5.41, 5.74) is 1.74. The van der Waals surface area contributed by atoms with Crippen LogP contribution in [0.25, 0.3) is 0 Å². The van der Waals surface area contributed by atoms with Crippen molar-refractivity contribution in [2.75, 3.05) is 23.3 Å². The Morgan fingerprint density at radius 1 is 1.03 bits per heavy atom. The summed E-state index contributed by atoms with van der Waals surface area (Å²) in [7, 11) is -2.31. The predicted octanol–water partition coefficient (Wildman–Crippen LogP) is 3.60.